The third kappa shape index (κ3) is 5.35. The Morgan fingerprint density at radius 2 is 2.15 bits per heavy atom. The lowest BCUT2D eigenvalue weighted by atomic mass is 10.2. The van der Waals surface area contributed by atoms with Gasteiger partial charge >= 0.3 is 0 Å². The number of hydrogen-bond donors (Lipinski definition) is 1. The molecule has 1 N–H and O–H groups in total. The van der Waals surface area contributed by atoms with E-state index in [1.165, 1.54) is 0 Å². The Morgan fingerprint density at radius 3 is 2.85 bits per heavy atom. The first-order valence-corrected chi connectivity index (χ1v) is 7.44. The normalized spacial score (nSPS) is 17.2. The Kier molecular flexibility index (Phi) is 6.08. The van der Waals surface area contributed by atoms with Crippen LogP contribution >= 0.6 is 0 Å². The van der Waals surface area contributed by atoms with Gasteiger partial charge in [-0.25, -0.2) is 0 Å². The molecule has 1 saturated heterocycles. The van der Waals surface area contributed by atoms with E-state index in [0.29, 0.717) is 12.8 Å². The Labute approximate surface area is 120 Å². The molecule has 0 radical (unpaired) electrons. The maximum absolute atomic E-state index is 11.7. The molecule has 1 aliphatic heterocycles. The van der Waals surface area contributed by atoms with Crippen LogP contribution in [0, 0.1) is 0 Å². The highest BCUT2D eigenvalue weighted by Gasteiger charge is 2.12. The molecule has 0 atom stereocenters. The highest BCUT2D eigenvalue weighted by molar-refractivity contribution is 5.75. The average molecular weight is 279 g/mol. The minimum absolute atomic E-state index is 0.111. The van der Waals surface area contributed by atoms with Crippen LogP contribution in [0.3, 0.4) is 0 Å². The number of rotatable bonds is 7. The summed E-state index contributed by atoms with van der Waals surface area (Å²) in [7, 11) is 2.16. The highest BCUT2D eigenvalue weighted by atomic mass is 16.3. The standard InChI is InChI=1S/C15H25N3O2/c1-17-9-11-18(12-10-17)8-3-7-16-15(19)6-5-14-4-2-13-20-14/h2,4,13H,3,5-12H2,1H3,(H,16,19). The van der Waals surface area contributed by atoms with Gasteiger partial charge in [-0.05, 0) is 32.1 Å². The molecule has 2 rings (SSSR count). The molecule has 1 fully saturated rings. The van der Waals surface area contributed by atoms with Crippen molar-refractivity contribution in [2.24, 2.45) is 0 Å². The number of furan rings is 1. The quantitative estimate of drug-likeness (QED) is 0.756. The van der Waals surface area contributed by atoms with Gasteiger partial charge in [0.15, 0.2) is 0 Å². The van der Waals surface area contributed by atoms with Gasteiger partial charge in [-0.3, -0.25) is 4.79 Å². The number of aryl methyl sites for hydroxylation is 1. The number of nitrogens with zero attached hydrogens (tertiary/aromatic N) is 2. The monoisotopic (exact) mass is 279 g/mol. The topological polar surface area (TPSA) is 48.7 Å². The smallest absolute Gasteiger partial charge is 0.220 e. The third-order valence-corrected chi connectivity index (χ3v) is 3.75. The van der Waals surface area contributed by atoms with Crippen LogP contribution in [0.4, 0.5) is 0 Å². The van der Waals surface area contributed by atoms with E-state index in [-0.39, 0.29) is 5.91 Å². The van der Waals surface area contributed by atoms with Gasteiger partial charge in [0.1, 0.15) is 5.76 Å². The van der Waals surface area contributed by atoms with E-state index in [0.717, 1.165) is 51.4 Å². The number of nitrogens with one attached hydrogen (secondary N) is 1. The number of piperazine rings is 1. The van der Waals surface area contributed by atoms with Gasteiger partial charge in [0, 0.05) is 45.6 Å². The molecule has 1 amide bonds. The first kappa shape index (κ1) is 15.1. The number of amides is 1. The van der Waals surface area contributed by atoms with E-state index in [1.54, 1.807) is 6.26 Å². The van der Waals surface area contributed by atoms with Crippen molar-refractivity contribution in [1.29, 1.82) is 0 Å². The molecule has 1 aliphatic rings. The molecule has 1 aromatic heterocycles. The zero-order chi connectivity index (χ0) is 14.2. The van der Waals surface area contributed by atoms with Crippen molar-refractivity contribution in [3.8, 4) is 0 Å². The van der Waals surface area contributed by atoms with Crippen molar-refractivity contribution >= 4 is 5.91 Å². The Morgan fingerprint density at radius 1 is 1.35 bits per heavy atom. The van der Waals surface area contributed by atoms with Gasteiger partial charge in [-0.15, -0.1) is 0 Å². The second-order valence-electron chi connectivity index (χ2n) is 5.43. The molecule has 0 aliphatic carbocycles. The maximum Gasteiger partial charge on any atom is 0.220 e. The van der Waals surface area contributed by atoms with Crippen LogP contribution in [0.1, 0.15) is 18.6 Å². The summed E-state index contributed by atoms with van der Waals surface area (Å²) in [6.07, 6.45) is 3.85. The zero-order valence-corrected chi connectivity index (χ0v) is 12.3. The number of likely N-dealkylation sites (N-methyl/N-ethyl adjacent to an activating group) is 1. The largest absolute Gasteiger partial charge is 0.469 e. The third-order valence-electron chi connectivity index (χ3n) is 3.75. The molecule has 2 heterocycles. The first-order valence-electron chi connectivity index (χ1n) is 7.44. The Bertz CT molecular complexity index is 384. The minimum atomic E-state index is 0.111. The summed E-state index contributed by atoms with van der Waals surface area (Å²) >= 11 is 0. The van der Waals surface area contributed by atoms with E-state index in [2.05, 4.69) is 22.2 Å². The summed E-state index contributed by atoms with van der Waals surface area (Å²) in [5, 5.41) is 2.98. The van der Waals surface area contributed by atoms with Crippen LogP contribution in [-0.2, 0) is 11.2 Å². The van der Waals surface area contributed by atoms with Gasteiger partial charge in [0.25, 0.3) is 0 Å². The highest BCUT2D eigenvalue weighted by Crippen LogP contribution is 2.03. The van der Waals surface area contributed by atoms with Crippen LogP contribution in [0.15, 0.2) is 22.8 Å². The predicted octanol–water partition coefficient (Wildman–Crippen LogP) is 0.966. The molecule has 1 aromatic rings. The molecule has 0 spiro atoms. The number of hydrogen-bond acceptors (Lipinski definition) is 4. The second kappa shape index (κ2) is 8.07. The summed E-state index contributed by atoms with van der Waals surface area (Å²) in [4.78, 5) is 16.5. The zero-order valence-electron chi connectivity index (χ0n) is 12.3. The summed E-state index contributed by atoms with van der Waals surface area (Å²) in [6, 6.07) is 3.75. The molecule has 0 unspecified atom stereocenters. The molecule has 0 aromatic carbocycles. The SMILES string of the molecule is CN1CCN(CCCNC(=O)CCc2ccco2)CC1. The van der Waals surface area contributed by atoms with Gasteiger partial charge in [0.05, 0.1) is 6.26 Å². The molecule has 5 nitrogen and oxygen atoms in total. The lowest BCUT2D eigenvalue weighted by Crippen LogP contribution is -2.45. The van der Waals surface area contributed by atoms with Crippen molar-refractivity contribution in [2.75, 3.05) is 46.3 Å². The number of carbonyl (C=O) groups is 1. The lowest BCUT2D eigenvalue weighted by molar-refractivity contribution is -0.121. The summed E-state index contributed by atoms with van der Waals surface area (Å²) in [5.74, 6) is 0.984. The second-order valence-corrected chi connectivity index (χ2v) is 5.43. The van der Waals surface area contributed by atoms with Crippen LogP contribution in [0.2, 0.25) is 0 Å². The van der Waals surface area contributed by atoms with Crippen molar-refractivity contribution in [3.05, 3.63) is 24.2 Å². The van der Waals surface area contributed by atoms with Gasteiger partial charge in [0.2, 0.25) is 5.91 Å². The molecule has 20 heavy (non-hydrogen) atoms. The van der Waals surface area contributed by atoms with Crippen LogP contribution in [0.5, 0.6) is 0 Å². The lowest BCUT2D eigenvalue weighted by Gasteiger charge is -2.32. The van der Waals surface area contributed by atoms with Crippen molar-refractivity contribution in [3.63, 3.8) is 0 Å². The molecule has 0 bridgehead atoms. The minimum Gasteiger partial charge on any atom is -0.469 e. The van der Waals surface area contributed by atoms with Crippen LogP contribution in [-0.4, -0.2) is 62.0 Å². The summed E-state index contributed by atoms with van der Waals surface area (Å²) in [6.45, 7) is 6.42. The van der Waals surface area contributed by atoms with E-state index in [4.69, 9.17) is 4.42 Å². The van der Waals surface area contributed by atoms with Gasteiger partial charge in [-0.1, -0.05) is 0 Å². The molecule has 5 heteroatoms. The Hall–Kier alpha value is -1.33. The summed E-state index contributed by atoms with van der Waals surface area (Å²) in [5.41, 5.74) is 0. The fraction of sp³-hybridized carbons (Fsp3) is 0.667. The first-order chi connectivity index (χ1) is 9.74. The molecule has 0 saturated carbocycles. The van der Waals surface area contributed by atoms with E-state index < -0.39 is 0 Å². The maximum atomic E-state index is 11.7. The molecular formula is C15H25N3O2. The fourth-order valence-corrected chi connectivity index (χ4v) is 2.38. The van der Waals surface area contributed by atoms with E-state index in [1.807, 2.05) is 12.1 Å². The van der Waals surface area contributed by atoms with Gasteiger partial charge < -0.3 is 19.5 Å². The van der Waals surface area contributed by atoms with Crippen molar-refractivity contribution in [2.45, 2.75) is 19.3 Å². The predicted molar refractivity (Wildman–Crippen MR) is 78.6 cm³/mol. The molecular weight excluding hydrogens is 254 g/mol. The van der Waals surface area contributed by atoms with E-state index in [9.17, 15) is 4.79 Å². The van der Waals surface area contributed by atoms with Crippen molar-refractivity contribution < 1.29 is 9.21 Å². The average Bonchev–Trinajstić information content (AvgIpc) is 2.96. The fourth-order valence-electron chi connectivity index (χ4n) is 2.38. The Balaban J connectivity index is 1.49. The number of carbonyl (C=O) groups excluding carboxylic acids is 1. The summed E-state index contributed by atoms with van der Waals surface area (Å²) < 4.78 is 5.21. The molecule has 112 valence electrons. The van der Waals surface area contributed by atoms with E-state index >= 15 is 0 Å². The van der Waals surface area contributed by atoms with Crippen LogP contribution in [0.25, 0.3) is 0 Å². The van der Waals surface area contributed by atoms with Gasteiger partial charge in [-0.2, -0.15) is 0 Å². The van der Waals surface area contributed by atoms with Crippen molar-refractivity contribution in [1.82, 2.24) is 15.1 Å². The van der Waals surface area contributed by atoms with Crippen LogP contribution < -0.4 is 5.32 Å².